The molecule has 0 saturated heterocycles. The first-order chi connectivity index (χ1) is 10.8. The molecule has 124 valence electrons. The molecule has 0 unspecified atom stereocenters. The summed E-state index contributed by atoms with van der Waals surface area (Å²) in [5.74, 6) is -0.963. The van der Waals surface area contributed by atoms with Gasteiger partial charge >= 0.3 is 5.97 Å². The number of hydrogen-bond acceptors (Lipinski definition) is 6. The van der Waals surface area contributed by atoms with Crippen LogP contribution in [0.4, 0.5) is 11.4 Å². The molecule has 7 nitrogen and oxygen atoms in total. The van der Waals surface area contributed by atoms with E-state index in [0.29, 0.717) is 16.4 Å². The van der Waals surface area contributed by atoms with Gasteiger partial charge in [0.2, 0.25) is 10.9 Å². The summed E-state index contributed by atoms with van der Waals surface area (Å²) in [6.07, 6.45) is 0. The Balaban J connectivity index is 2.38. The average Bonchev–Trinajstić information content (AvgIpc) is 2.96. The monoisotopic (exact) mass is 358 g/mol. The molecular weight excluding hydrogens is 344 g/mol. The van der Waals surface area contributed by atoms with Crippen molar-refractivity contribution in [3.05, 3.63) is 41.1 Å². The molecule has 0 aliphatic rings. The molecule has 9 heteroatoms. The van der Waals surface area contributed by atoms with Crippen molar-refractivity contribution in [2.45, 2.75) is 5.09 Å². The molecule has 0 aliphatic heterocycles. The number of esters is 1. The van der Waals surface area contributed by atoms with E-state index in [0.717, 1.165) is 0 Å². The fraction of sp³-hybridized carbons (Fsp3) is 0.214. The van der Waals surface area contributed by atoms with Crippen LogP contribution in [-0.4, -0.2) is 35.6 Å². The zero-order valence-corrected chi connectivity index (χ0v) is 14.2. The molecule has 0 fully saturated rings. The molecule has 23 heavy (non-hydrogen) atoms. The minimum Gasteiger partial charge on any atom is -0.463 e. The van der Waals surface area contributed by atoms with Gasteiger partial charge in [0.05, 0.1) is 23.5 Å². The number of furan rings is 1. The molecule has 0 atom stereocenters. The maximum absolute atomic E-state index is 12.4. The van der Waals surface area contributed by atoms with Crippen LogP contribution in [0.3, 0.4) is 0 Å². The van der Waals surface area contributed by atoms with Gasteiger partial charge in [-0.15, -0.1) is 0 Å². The highest BCUT2D eigenvalue weighted by molar-refractivity contribution is 7.92. The van der Waals surface area contributed by atoms with Crippen molar-refractivity contribution >= 4 is 39.0 Å². The highest BCUT2D eigenvalue weighted by Gasteiger charge is 2.23. The van der Waals surface area contributed by atoms with Crippen LogP contribution in [0.2, 0.25) is 5.02 Å². The number of para-hydroxylation sites is 1. The summed E-state index contributed by atoms with van der Waals surface area (Å²) < 4.78 is 36.7. The Labute approximate surface area is 138 Å². The van der Waals surface area contributed by atoms with Crippen molar-refractivity contribution in [1.82, 2.24) is 0 Å². The summed E-state index contributed by atoms with van der Waals surface area (Å²) in [6, 6.07) is 7.24. The van der Waals surface area contributed by atoms with E-state index in [1.807, 2.05) is 0 Å². The van der Waals surface area contributed by atoms with Crippen LogP contribution in [0.15, 0.2) is 39.8 Å². The van der Waals surface area contributed by atoms with E-state index in [-0.39, 0.29) is 5.76 Å². The summed E-state index contributed by atoms with van der Waals surface area (Å²) in [6.45, 7) is 0. The third kappa shape index (κ3) is 3.59. The van der Waals surface area contributed by atoms with Crippen molar-refractivity contribution in [1.29, 1.82) is 0 Å². The first-order valence-electron chi connectivity index (χ1n) is 6.43. The van der Waals surface area contributed by atoms with Crippen LogP contribution in [0, 0.1) is 0 Å². The lowest BCUT2D eigenvalue weighted by Crippen LogP contribution is -2.17. The van der Waals surface area contributed by atoms with Gasteiger partial charge in [0, 0.05) is 14.1 Å². The van der Waals surface area contributed by atoms with Gasteiger partial charge < -0.3 is 14.1 Å². The Morgan fingerprint density at radius 2 is 1.96 bits per heavy atom. The van der Waals surface area contributed by atoms with Gasteiger partial charge in [0.25, 0.3) is 10.0 Å². The molecular formula is C14H15ClN2O5S. The second kappa shape index (κ2) is 6.51. The minimum absolute atomic E-state index is 0.202. The molecule has 2 aromatic rings. The number of anilines is 2. The SMILES string of the molecule is COC(=O)c1ccc(S(=O)(=O)Nc2cccc(Cl)c2N(C)C)o1. The highest BCUT2D eigenvalue weighted by atomic mass is 35.5. The number of carbonyl (C=O) groups is 1. The fourth-order valence-corrected chi connectivity index (χ4v) is 3.27. The smallest absolute Gasteiger partial charge is 0.374 e. The number of methoxy groups -OCH3 is 1. The molecule has 1 aromatic heterocycles. The van der Waals surface area contributed by atoms with Gasteiger partial charge in [-0.2, -0.15) is 8.42 Å². The van der Waals surface area contributed by atoms with Crippen molar-refractivity contribution in [3.63, 3.8) is 0 Å². The van der Waals surface area contributed by atoms with Gasteiger partial charge in [-0.05, 0) is 24.3 Å². The zero-order valence-electron chi connectivity index (χ0n) is 12.7. The van der Waals surface area contributed by atoms with E-state index in [9.17, 15) is 13.2 Å². The van der Waals surface area contributed by atoms with E-state index < -0.39 is 21.1 Å². The first kappa shape index (κ1) is 17.2. The van der Waals surface area contributed by atoms with Gasteiger partial charge in [0.15, 0.2) is 0 Å². The molecule has 0 bridgehead atoms. The number of carbonyl (C=O) groups excluding carboxylic acids is 1. The van der Waals surface area contributed by atoms with Gasteiger partial charge in [-0.1, -0.05) is 17.7 Å². The predicted molar refractivity (Wildman–Crippen MR) is 86.6 cm³/mol. The number of ether oxygens (including phenoxy) is 1. The fourth-order valence-electron chi connectivity index (χ4n) is 1.92. The molecule has 2 rings (SSSR count). The van der Waals surface area contributed by atoms with Crippen molar-refractivity contribution in [2.75, 3.05) is 30.8 Å². The number of hydrogen-bond donors (Lipinski definition) is 1. The number of nitrogens with zero attached hydrogens (tertiary/aromatic N) is 1. The summed E-state index contributed by atoms with van der Waals surface area (Å²) in [5.41, 5.74) is 0.802. The van der Waals surface area contributed by atoms with Crippen LogP contribution in [0.1, 0.15) is 10.6 Å². The van der Waals surface area contributed by atoms with Crippen molar-refractivity contribution in [3.8, 4) is 0 Å². The Hall–Kier alpha value is -2.19. The van der Waals surface area contributed by atoms with Gasteiger partial charge in [-0.3, -0.25) is 4.72 Å². The molecule has 0 radical (unpaired) electrons. The molecule has 1 heterocycles. The van der Waals surface area contributed by atoms with E-state index in [2.05, 4.69) is 9.46 Å². The van der Waals surface area contributed by atoms with E-state index in [1.165, 1.54) is 19.2 Å². The van der Waals surface area contributed by atoms with Crippen LogP contribution in [0.5, 0.6) is 0 Å². The minimum atomic E-state index is -4.02. The third-order valence-corrected chi connectivity index (χ3v) is 4.45. The van der Waals surface area contributed by atoms with E-state index in [1.54, 1.807) is 37.2 Å². The second-order valence-electron chi connectivity index (χ2n) is 4.75. The number of rotatable bonds is 5. The summed E-state index contributed by atoms with van der Waals surface area (Å²) in [4.78, 5) is 13.0. The third-order valence-electron chi connectivity index (χ3n) is 2.91. The molecule has 0 spiro atoms. The first-order valence-corrected chi connectivity index (χ1v) is 8.29. The lowest BCUT2D eigenvalue weighted by atomic mass is 10.2. The normalized spacial score (nSPS) is 11.1. The van der Waals surface area contributed by atoms with E-state index >= 15 is 0 Å². The number of nitrogens with one attached hydrogen (secondary N) is 1. The summed E-state index contributed by atoms with van der Waals surface area (Å²) in [5, 5.41) is -0.00697. The Morgan fingerprint density at radius 3 is 2.57 bits per heavy atom. The van der Waals surface area contributed by atoms with Crippen LogP contribution >= 0.6 is 11.6 Å². The van der Waals surface area contributed by atoms with Crippen molar-refractivity contribution < 1.29 is 22.4 Å². The summed E-state index contributed by atoms with van der Waals surface area (Å²) in [7, 11) is 0.631. The van der Waals surface area contributed by atoms with E-state index in [4.69, 9.17) is 16.0 Å². The van der Waals surface area contributed by atoms with Crippen molar-refractivity contribution in [2.24, 2.45) is 0 Å². The Bertz CT molecular complexity index is 829. The number of benzene rings is 1. The van der Waals surface area contributed by atoms with Gasteiger partial charge in [-0.25, -0.2) is 4.79 Å². The maximum atomic E-state index is 12.4. The quantitative estimate of drug-likeness (QED) is 0.826. The maximum Gasteiger partial charge on any atom is 0.374 e. The lowest BCUT2D eigenvalue weighted by Gasteiger charge is -2.19. The standard InChI is InChI=1S/C14H15ClN2O5S/c1-17(2)13-9(15)5-4-6-10(13)16-23(19,20)12-8-7-11(22-12)14(18)21-3/h4-8,16H,1-3H3. The van der Waals surface area contributed by atoms with Crippen LogP contribution in [0.25, 0.3) is 0 Å². The molecule has 0 amide bonds. The number of sulfonamides is 1. The molecule has 1 aromatic carbocycles. The largest absolute Gasteiger partial charge is 0.463 e. The lowest BCUT2D eigenvalue weighted by molar-refractivity contribution is 0.0559. The predicted octanol–water partition coefficient (Wildman–Crippen LogP) is 2.59. The zero-order chi connectivity index (χ0) is 17.2. The van der Waals surface area contributed by atoms with Crippen LogP contribution < -0.4 is 9.62 Å². The molecule has 0 saturated carbocycles. The second-order valence-corrected chi connectivity index (χ2v) is 6.77. The Morgan fingerprint density at radius 1 is 1.26 bits per heavy atom. The Kier molecular flexibility index (Phi) is 4.86. The summed E-state index contributed by atoms with van der Waals surface area (Å²) >= 11 is 6.10. The average molecular weight is 359 g/mol. The topological polar surface area (TPSA) is 88.8 Å². The highest BCUT2D eigenvalue weighted by Crippen LogP contribution is 2.34. The number of halogens is 1. The molecule has 0 aliphatic carbocycles. The van der Waals surface area contributed by atoms with Crippen LogP contribution in [-0.2, 0) is 14.8 Å². The molecule has 1 N–H and O–H groups in total. The van der Waals surface area contributed by atoms with Gasteiger partial charge in [0.1, 0.15) is 0 Å².